The van der Waals surface area contributed by atoms with Gasteiger partial charge >= 0.3 is 5.69 Å². The van der Waals surface area contributed by atoms with Gasteiger partial charge in [-0.3, -0.25) is 14.3 Å². The van der Waals surface area contributed by atoms with Gasteiger partial charge in [0, 0.05) is 13.6 Å². The molecule has 0 bridgehead atoms. The Labute approximate surface area is 166 Å². The van der Waals surface area contributed by atoms with Crippen molar-refractivity contribution in [2.24, 2.45) is 7.05 Å². The molecule has 3 N–H and O–H groups in total. The van der Waals surface area contributed by atoms with E-state index in [1.165, 1.54) is 16.2 Å². The molecule has 0 radical (unpaired) electrons. The Hall–Kier alpha value is -3.53. The lowest BCUT2D eigenvalue weighted by Gasteiger charge is -2.15. The summed E-state index contributed by atoms with van der Waals surface area (Å²) in [5.74, 6) is 1.62. The van der Waals surface area contributed by atoms with Crippen LogP contribution in [0.4, 0.5) is 5.95 Å². The number of hydrogen-bond acceptors (Lipinski definition) is 7. The van der Waals surface area contributed by atoms with Crippen LogP contribution in [-0.4, -0.2) is 50.6 Å². The number of nitrogens with zero attached hydrogens (tertiary/aromatic N) is 3. The Morgan fingerprint density at radius 3 is 2.66 bits per heavy atom. The molecule has 10 nitrogen and oxygen atoms in total. The maximum Gasteiger partial charge on any atom is 0.329 e. The summed E-state index contributed by atoms with van der Waals surface area (Å²) in [6.07, 6.45) is 0.700. The first kappa shape index (κ1) is 20.2. The van der Waals surface area contributed by atoms with Crippen molar-refractivity contribution >= 4 is 17.1 Å². The van der Waals surface area contributed by atoms with Gasteiger partial charge in [-0.2, -0.15) is 4.98 Å². The molecular weight excluding hydrogens is 378 g/mol. The summed E-state index contributed by atoms with van der Waals surface area (Å²) in [6, 6.07) is 6.97. The molecule has 0 aliphatic carbocycles. The molecule has 2 aromatic heterocycles. The Morgan fingerprint density at radius 2 is 2.00 bits per heavy atom. The van der Waals surface area contributed by atoms with Gasteiger partial charge in [-0.25, -0.2) is 4.79 Å². The van der Waals surface area contributed by atoms with Crippen LogP contribution in [0.2, 0.25) is 0 Å². The Morgan fingerprint density at radius 1 is 1.31 bits per heavy atom. The molecule has 2 heterocycles. The lowest BCUT2D eigenvalue weighted by Crippen LogP contribution is -2.31. The summed E-state index contributed by atoms with van der Waals surface area (Å²) in [5.41, 5.74) is -0.743. The fourth-order valence-electron chi connectivity index (χ4n) is 2.84. The zero-order chi connectivity index (χ0) is 21.0. The number of rotatable bonds is 9. The van der Waals surface area contributed by atoms with Gasteiger partial charge in [0.05, 0.1) is 13.7 Å². The molecule has 29 heavy (non-hydrogen) atoms. The normalized spacial score (nSPS) is 12.0. The molecule has 0 saturated heterocycles. The average molecular weight is 401 g/mol. The van der Waals surface area contributed by atoms with E-state index in [9.17, 15) is 14.7 Å². The number of aliphatic hydroxyl groups excluding tert-OH is 1. The third kappa shape index (κ3) is 4.32. The Balaban J connectivity index is 1.84. The molecule has 1 aromatic carbocycles. The highest BCUT2D eigenvalue weighted by atomic mass is 16.5. The summed E-state index contributed by atoms with van der Waals surface area (Å²) in [7, 11) is 3.09. The second-order valence-electron chi connectivity index (χ2n) is 6.35. The largest absolute Gasteiger partial charge is 0.497 e. The van der Waals surface area contributed by atoms with Crippen LogP contribution in [0.1, 0.15) is 0 Å². The summed E-state index contributed by atoms with van der Waals surface area (Å²) in [5, 5.41) is 13.5. The maximum atomic E-state index is 12.4. The smallest absolute Gasteiger partial charge is 0.329 e. The lowest BCUT2D eigenvalue weighted by molar-refractivity contribution is 0.0938. The molecule has 0 aliphatic rings. The highest BCUT2D eigenvalue weighted by molar-refractivity contribution is 5.74. The van der Waals surface area contributed by atoms with E-state index < -0.39 is 17.4 Å². The Bertz CT molecular complexity index is 1110. The summed E-state index contributed by atoms with van der Waals surface area (Å²) >= 11 is 0. The standard InChI is InChI=1S/C19H23N5O5/c1-4-9-20-18-21-16-15(17(26)22-19(27)23(16)2)24(18)10-12(25)11-29-14-7-5-13(28-3)6-8-14/h4-8,12,25H,1,9-11H2,2-3H3,(H,20,21)(H,22,26,27). The van der Waals surface area contributed by atoms with Gasteiger partial charge in [-0.05, 0) is 24.3 Å². The van der Waals surface area contributed by atoms with Gasteiger partial charge < -0.3 is 24.5 Å². The van der Waals surface area contributed by atoms with E-state index in [-0.39, 0.29) is 24.3 Å². The van der Waals surface area contributed by atoms with Gasteiger partial charge in [0.2, 0.25) is 5.95 Å². The molecular formula is C19H23N5O5. The number of anilines is 1. The minimum atomic E-state index is -0.935. The van der Waals surface area contributed by atoms with Gasteiger partial charge in [0.1, 0.15) is 24.2 Å². The Kier molecular flexibility index (Phi) is 6.03. The van der Waals surface area contributed by atoms with Gasteiger partial charge in [0.15, 0.2) is 11.2 Å². The molecule has 1 atom stereocenters. The molecule has 0 aliphatic heterocycles. The number of aliphatic hydroxyl groups is 1. The molecule has 0 fully saturated rings. The topological polar surface area (TPSA) is 123 Å². The van der Waals surface area contributed by atoms with Crippen molar-refractivity contribution in [3.8, 4) is 11.5 Å². The van der Waals surface area contributed by atoms with Crippen LogP contribution in [0, 0.1) is 0 Å². The van der Waals surface area contributed by atoms with Crippen molar-refractivity contribution in [1.29, 1.82) is 0 Å². The van der Waals surface area contributed by atoms with E-state index in [1.807, 2.05) is 0 Å². The maximum absolute atomic E-state index is 12.4. The zero-order valence-electron chi connectivity index (χ0n) is 16.2. The minimum Gasteiger partial charge on any atom is -0.497 e. The van der Waals surface area contributed by atoms with Crippen molar-refractivity contribution in [2.45, 2.75) is 12.6 Å². The SMILES string of the molecule is C=CCNc1nc2c(c(=O)[nH]c(=O)n2C)n1CC(O)COc1ccc(OC)cc1. The third-order valence-corrected chi connectivity index (χ3v) is 4.31. The number of benzene rings is 1. The van der Waals surface area contributed by atoms with Crippen molar-refractivity contribution in [3.63, 3.8) is 0 Å². The summed E-state index contributed by atoms with van der Waals surface area (Å²) in [4.78, 5) is 30.8. The fraction of sp³-hybridized carbons (Fsp3) is 0.316. The number of methoxy groups -OCH3 is 1. The number of nitrogens with one attached hydrogen (secondary N) is 2. The van der Waals surface area contributed by atoms with Gasteiger partial charge in [-0.15, -0.1) is 6.58 Å². The van der Waals surface area contributed by atoms with Crippen molar-refractivity contribution in [3.05, 3.63) is 57.8 Å². The highest BCUT2D eigenvalue weighted by Gasteiger charge is 2.19. The highest BCUT2D eigenvalue weighted by Crippen LogP contribution is 2.19. The van der Waals surface area contributed by atoms with Crippen molar-refractivity contribution in [2.75, 3.05) is 25.6 Å². The van der Waals surface area contributed by atoms with E-state index >= 15 is 0 Å². The quantitative estimate of drug-likeness (QED) is 0.445. The molecule has 154 valence electrons. The molecule has 1 unspecified atom stereocenters. The first-order valence-corrected chi connectivity index (χ1v) is 8.93. The second-order valence-corrected chi connectivity index (χ2v) is 6.35. The number of imidazole rings is 1. The van der Waals surface area contributed by atoms with Crippen LogP contribution in [-0.2, 0) is 13.6 Å². The van der Waals surface area contributed by atoms with Crippen LogP contribution in [0.25, 0.3) is 11.2 Å². The lowest BCUT2D eigenvalue weighted by atomic mass is 10.3. The van der Waals surface area contributed by atoms with E-state index in [2.05, 4.69) is 21.9 Å². The predicted octanol–water partition coefficient (Wildman–Crippen LogP) is 0.470. The van der Waals surface area contributed by atoms with Crippen LogP contribution in [0.5, 0.6) is 11.5 Å². The third-order valence-electron chi connectivity index (χ3n) is 4.31. The van der Waals surface area contributed by atoms with Crippen LogP contribution < -0.4 is 26.0 Å². The molecule has 3 rings (SSSR count). The minimum absolute atomic E-state index is 0.00340. The van der Waals surface area contributed by atoms with E-state index in [1.54, 1.807) is 37.5 Å². The fourth-order valence-corrected chi connectivity index (χ4v) is 2.84. The number of aryl methyl sites for hydroxylation is 1. The average Bonchev–Trinajstić information content (AvgIpc) is 3.08. The zero-order valence-corrected chi connectivity index (χ0v) is 16.2. The second kappa shape index (κ2) is 8.65. The summed E-state index contributed by atoms with van der Waals surface area (Å²) < 4.78 is 13.5. The number of hydrogen-bond donors (Lipinski definition) is 3. The van der Waals surface area contributed by atoms with Crippen LogP contribution in [0.15, 0.2) is 46.5 Å². The van der Waals surface area contributed by atoms with Crippen molar-refractivity contribution < 1.29 is 14.6 Å². The predicted molar refractivity (Wildman–Crippen MR) is 109 cm³/mol. The number of aromatic amines is 1. The first-order chi connectivity index (χ1) is 13.9. The molecule has 0 spiro atoms. The molecule has 0 saturated carbocycles. The molecule has 0 amide bonds. The number of ether oxygens (including phenoxy) is 2. The number of fused-ring (bicyclic) bond motifs is 1. The first-order valence-electron chi connectivity index (χ1n) is 8.93. The van der Waals surface area contributed by atoms with Gasteiger partial charge in [-0.1, -0.05) is 6.08 Å². The summed E-state index contributed by atoms with van der Waals surface area (Å²) in [6.45, 7) is 4.07. The van der Waals surface area contributed by atoms with Crippen LogP contribution in [0.3, 0.4) is 0 Å². The number of H-pyrrole nitrogens is 1. The van der Waals surface area contributed by atoms with E-state index in [0.29, 0.717) is 24.0 Å². The monoisotopic (exact) mass is 401 g/mol. The molecule has 3 aromatic rings. The number of aromatic nitrogens is 4. The molecule has 10 heteroatoms. The van der Waals surface area contributed by atoms with Crippen molar-refractivity contribution in [1.82, 2.24) is 19.1 Å². The van der Waals surface area contributed by atoms with Crippen LogP contribution >= 0.6 is 0 Å². The van der Waals surface area contributed by atoms with Gasteiger partial charge in [0.25, 0.3) is 5.56 Å². The van der Waals surface area contributed by atoms with E-state index in [0.717, 1.165) is 0 Å². The van der Waals surface area contributed by atoms with E-state index in [4.69, 9.17) is 9.47 Å².